The molecule has 0 radical (unpaired) electrons. The quantitative estimate of drug-likeness (QED) is 0.628. The minimum absolute atomic E-state index is 0.170. The van der Waals surface area contributed by atoms with E-state index in [1.54, 1.807) is 0 Å². The Morgan fingerprint density at radius 1 is 1.64 bits per heavy atom. The number of thiophene rings is 1. The highest BCUT2D eigenvalue weighted by Gasteiger charge is 2.00. The van der Waals surface area contributed by atoms with Crippen molar-refractivity contribution in [1.29, 1.82) is 0 Å². The van der Waals surface area contributed by atoms with E-state index in [-0.39, 0.29) is 5.97 Å². The second-order valence-electron chi connectivity index (χ2n) is 2.71. The molecule has 1 aromatic rings. The third-order valence-corrected chi connectivity index (χ3v) is 2.85. The fourth-order valence-corrected chi connectivity index (χ4v) is 1.92. The first-order valence-corrected chi connectivity index (χ1v) is 5.48. The Labute approximate surface area is 92.0 Å². The normalized spacial score (nSPS) is 9.86. The molecule has 5 heteroatoms. The van der Waals surface area contributed by atoms with Crippen molar-refractivity contribution in [1.82, 2.24) is 0 Å². The second-order valence-corrected chi connectivity index (χ2v) is 4.43. The number of rotatable bonds is 5. The van der Waals surface area contributed by atoms with E-state index < -0.39 is 0 Å². The average Bonchev–Trinajstić information content (AvgIpc) is 2.58. The molecule has 0 atom stereocenters. The Morgan fingerprint density at radius 3 is 3.00 bits per heavy atom. The summed E-state index contributed by atoms with van der Waals surface area (Å²) >= 11 is 7.24. The van der Waals surface area contributed by atoms with Gasteiger partial charge in [-0.3, -0.25) is 4.79 Å². The number of carbonyl (C=O) groups is 1. The Morgan fingerprint density at radius 2 is 2.43 bits per heavy atom. The predicted molar refractivity (Wildman–Crippen MR) is 59.1 cm³/mol. The van der Waals surface area contributed by atoms with Crippen LogP contribution in [0, 0.1) is 0 Å². The van der Waals surface area contributed by atoms with Crippen LogP contribution in [0.2, 0.25) is 4.34 Å². The fraction of sp³-hybridized carbons (Fsp3) is 0.444. The third kappa shape index (κ3) is 3.98. The zero-order valence-electron chi connectivity index (χ0n) is 7.88. The van der Waals surface area contributed by atoms with Crippen molar-refractivity contribution >= 4 is 33.9 Å². The van der Waals surface area contributed by atoms with Gasteiger partial charge in [-0.25, -0.2) is 0 Å². The largest absolute Gasteiger partial charge is 0.469 e. The van der Waals surface area contributed by atoms with Crippen LogP contribution in [0.1, 0.15) is 12.8 Å². The number of anilines is 1. The lowest BCUT2D eigenvalue weighted by Gasteiger charge is -2.01. The molecule has 0 aliphatic heterocycles. The van der Waals surface area contributed by atoms with Crippen LogP contribution in [0.25, 0.3) is 0 Å². The van der Waals surface area contributed by atoms with E-state index in [1.165, 1.54) is 18.4 Å². The van der Waals surface area contributed by atoms with Gasteiger partial charge in [0.2, 0.25) is 0 Å². The van der Waals surface area contributed by atoms with Crippen LogP contribution >= 0.6 is 22.9 Å². The summed E-state index contributed by atoms with van der Waals surface area (Å²) in [5.74, 6) is -0.170. The van der Waals surface area contributed by atoms with Gasteiger partial charge in [0.05, 0.1) is 16.4 Å². The number of methoxy groups -OCH3 is 1. The minimum atomic E-state index is -0.170. The topological polar surface area (TPSA) is 38.3 Å². The van der Waals surface area contributed by atoms with Crippen molar-refractivity contribution in [2.24, 2.45) is 0 Å². The van der Waals surface area contributed by atoms with E-state index in [2.05, 4.69) is 10.1 Å². The number of hydrogen-bond donors (Lipinski definition) is 1. The van der Waals surface area contributed by atoms with Crippen LogP contribution in [0.4, 0.5) is 5.00 Å². The van der Waals surface area contributed by atoms with Gasteiger partial charge < -0.3 is 10.1 Å². The van der Waals surface area contributed by atoms with Crippen molar-refractivity contribution in [3.63, 3.8) is 0 Å². The Hall–Kier alpha value is -0.740. The van der Waals surface area contributed by atoms with Crippen molar-refractivity contribution in [3.8, 4) is 0 Å². The summed E-state index contributed by atoms with van der Waals surface area (Å²) in [5, 5.41) is 4.20. The molecule has 1 heterocycles. The van der Waals surface area contributed by atoms with Gasteiger partial charge in [-0.2, -0.15) is 0 Å². The highest BCUT2D eigenvalue weighted by Crippen LogP contribution is 2.25. The summed E-state index contributed by atoms with van der Waals surface area (Å²) < 4.78 is 5.29. The number of carbonyl (C=O) groups excluding carboxylic acids is 1. The molecule has 1 N–H and O–H groups in total. The summed E-state index contributed by atoms with van der Waals surface area (Å²) in [7, 11) is 1.40. The zero-order valence-corrected chi connectivity index (χ0v) is 9.45. The lowest BCUT2D eigenvalue weighted by molar-refractivity contribution is -0.140. The van der Waals surface area contributed by atoms with Crippen LogP contribution in [0.5, 0.6) is 0 Å². The monoisotopic (exact) mass is 233 g/mol. The summed E-state index contributed by atoms with van der Waals surface area (Å²) in [6, 6.07) is 3.76. The Balaban J connectivity index is 2.13. The highest BCUT2D eigenvalue weighted by molar-refractivity contribution is 7.19. The molecule has 0 spiro atoms. The molecule has 3 nitrogen and oxygen atoms in total. The Bertz CT molecular complexity index is 301. The van der Waals surface area contributed by atoms with Crippen molar-refractivity contribution in [2.45, 2.75) is 12.8 Å². The second kappa shape index (κ2) is 5.88. The van der Waals surface area contributed by atoms with Crippen molar-refractivity contribution in [2.75, 3.05) is 19.0 Å². The summed E-state index contributed by atoms with van der Waals surface area (Å²) in [6.07, 6.45) is 1.21. The predicted octanol–water partition coefficient (Wildman–Crippen LogP) is 2.77. The van der Waals surface area contributed by atoms with Crippen LogP contribution in [0.15, 0.2) is 12.1 Å². The molecule has 14 heavy (non-hydrogen) atoms. The zero-order chi connectivity index (χ0) is 10.4. The Kier molecular flexibility index (Phi) is 4.76. The molecule has 78 valence electrons. The van der Waals surface area contributed by atoms with Crippen LogP contribution < -0.4 is 5.32 Å². The number of ether oxygens (including phenoxy) is 1. The van der Waals surface area contributed by atoms with E-state index in [9.17, 15) is 4.79 Å². The maximum atomic E-state index is 10.8. The smallest absolute Gasteiger partial charge is 0.305 e. The average molecular weight is 234 g/mol. The minimum Gasteiger partial charge on any atom is -0.469 e. The van der Waals surface area contributed by atoms with E-state index in [4.69, 9.17) is 11.6 Å². The molecule has 0 unspecified atom stereocenters. The molecule has 0 amide bonds. The van der Waals surface area contributed by atoms with Gasteiger partial charge in [-0.05, 0) is 18.6 Å². The van der Waals surface area contributed by atoms with Crippen LogP contribution in [-0.2, 0) is 9.53 Å². The van der Waals surface area contributed by atoms with E-state index in [0.29, 0.717) is 6.42 Å². The molecule has 0 fully saturated rings. The standard InChI is InChI=1S/C9H12ClNO2S/c1-13-9(12)3-2-6-11-8-5-4-7(10)14-8/h4-5,11H,2-3,6H2,1H3. The number of halogens is 1. The summed E-state index contributed by atoms with van der Waals surface area (Å²) in [5.41, 5.74) is 0. The molecule has 0 aliphatic rings. The van der Waals surface area contributed by atoms with Gasteiger partial charge in [-0.1, -0.05) is 11.6 Å². The fourth-order valence-electron chi connectivity index (χ4n) is 0.956. The number of esters is 1. The molecular weight excluding hydrogens is 222 g/mol. The molecule has 0 bridgehead atoms. The molecule has 0 aliphatic carbocycles. The molecule has 1 aromatic heterocycles. The molecule has 0 saturated carbocycles. The van der Waals surface area contributed by atoms with Gasteiger partial charge in [0, 0.05) is 13.0 Å². The van der Waals surface area contributed by atoms with E-state index in [1.807, 2.05) is 12.1 Å². The van der Waals surface area contributed by atoms with Crippen LogP contribution in [0.3, 0.4) is 0 Å². The van der Waals surface area contributed by atoms with Crippen molar-refractivity contribution in [3.05, 3.63) is 16.5 Å². The first-order valence-electron chi connectivity index (χ1n) is 4.28. The van der Waals surface area contributed by atoms with Crippen molar-refractivity contribution < 1.29 is 9.53 Å². The van der Waals surface area contributed by atoms with Gasteiger partial charge in [0.25, 0.3) is 0 Å². The third-order valence-electron chi connectivity index (χ3n) is 1.66. The molecular formula is C9H12ClNO2S. The maximum absolute atomic E-state index is 10.8. The molecule has 0 saturated heterocycles. The van der Waals surface area contributed by atoms with E-state index >= 15 is 0 Å². The van der Waals surface area contributed by atoms with Gasteiger partial charge in [0.1, 0.15) is 0 Å². The van der Waals surface area contributed by atoms with Gasteiger partial charge >= 0.3 is 5.97 Å². The first kappa shape index (κ1) is 11.3. The highest BCUT2D eigenvalue weighted by atomic mass is 35.5. The molecule has 0 aromatic carbocycles. The summed E-state index contributed by atoms with van der Waals surface area (Å²) in [6.45, 7) is 0.756. The van der Waals surface area contributed by atoms with Gasteiger partial charge in [-0.15, -0.1) is 11.3 Å². The lowest BCUT2D eigenvalue weighted by Crippen LogP contribution is -2.05. The van der Waals surface area contributed by atoms with Crippen LogP contribution in [-0.4, -0.2) is 19.6 Å². The number of hydrogen-bond acceptors (Lipinski definition) is 4. The maximum Gasteiger partial charge on any atom is 0.305 e. The first-order chi connectivity index (χ1) is 6.72. The SMILES string of the molecule is COC(=O)CCCNc1ccc(Cl)s1. The van der Waals surface area contributed by atoms with E-state index in [0.717, 1.165) is 22.3 Å². The summed E-state index contributed by atoms with van der Waals surface area (Å²) in [4.78, 5) is 10.8. The lowest BCUT2D eigenvalue weighted by atomic mass is 10.3. The molecule has 1 rings (SSSR count). The number of nitrogens with one attached hydrogen (secondary N) is 1. The van der Waals surface area contributed by atoms with Gasteiger partial charge in [0.15, 0.2) is 0 Å².